The number of nitrogens with zero attached hydrogens (tertiary/aromatic N) is 3. The first-order chi connectivity index (χ1) is 12.8. The molecule has 2 heterocycles. The molecular weight excluding hydrogens is 352 g/mol. The number of likely N-dealkylation sites (tertiary alicyclic amines) is 1. The van der Waals surface area contributed by atoms with Gasteiger partial charge in [0.1, 0.15) is 5.82 Å². The molecule has 1 unspecified atom stereocenters. The Morgan fingerprint density at radius 3 is 2.56 bits per heavy atom. The minimum absolute atomic E-state index is 0.0495. The van der Waals surface area contributed by atoms with E-state index in [-0.39, 0.29) is 36.6 Å². The number of carbonyl (C=O) groups is 1. The number of carbonyl (C=O) groups excluding carboxylic acids is 1. The number of hydrogen-bond acceptors (Lipinski definition) is 4. The highest BCUT2D eigenvalue weighted by atomic mass is 19.3. The Labute approximate surface area is 157 Å². The largest absolute Gasteiger partial charge is 0.341 e. The number of nitrogens with one attached hydrogen (secondary N) is 1. The Kier molecular flexibility index (Phi) is 3.71. The number of rotatable bonds is 4. The molecule has 0 bridgehead atoms. The van der Waals surface area contributed by atoms with E-state index in [1.165, 1.54) is 12.8 Å². The van der Waals surface area contributed by atoms with Crippen LogP contribution >= 0.6 is 0 Å². The van der Waals surface area contributed by atoms with Crippen molar-refractivity contribution < 1.29 is 13.6 Å². The standard InChI is InChI=1S/C19H27F2N5O/c20-19(21)9-17(10-19)7-18(8-17,11-22)16(27)26-5-1-2-13(6-26)15-23-14(24-25-15)12-3-4-12/h12-13H,1-11,22H2,(H,23,24,25). The number of aromatic nitrogens is 3. The molecule has 5 rings (SSSR count). The second kappa shape index (κ2) is 5.72. The van der Waals surface area contributed by atoms with Crippen molar-refractivity contribution >= 4 is 5.91 Å². The van der Waals surface area contributed by atoms with E-state index < -0.39 is 11.3 Å². The van der Waals surface area contributed by atoms with Crippen molar-refractivity contribution in [3.05, 3.63) is 11.6 Å². The molecule has 8 heteroatoms. The van der Waals surface area contributed by atoms with Gasteiger partial charge in [-0.15, -0.1) is 0 Å². The van der Waals surface area contributed by atoms with Gasteiger partial charge in [-0.05, 0) is 43.9 Å². The van der Waals surface area contributed by atoms with Crippen molar-refractivity contribution in [3.8, 4) is 0 Å². The predicted molar refractivity (Wildman–Crippen MR) is 94.2 cm³/mol. The van der Waals surface area contributed by atoms with Crippen LogP contribution in [0.5, 0.6) is 0 Å². The number of piperidine rings is 1. The van der Waals surface area contributed by atoms with Gasteiger partial charge in [0.15, 0.2) is 5.82 Å². The Bertz CT molecular complexity index is 743. The highest BCUT2D eigenvalue weighted by Crippen LogP contribution is 2.69. The summed E-state index contributed by atoms with van der Waals surface area (Å²) in [5.74, 6) is -0.0550. The number of aromatic amines is 1. The van der Waals surface area contributed by atoms with Crippen LogP contribution in [0.15, 0.2) is 0 Å². The lowest BCUT2D eigenvalue weighted by Crippen LogP contribution is -2.65. The molecule has 1 saturated heterocycles. The molecule has 0 radical (unpaired) electrons. The van der Waals surface area contributed by atoms with Gasteiger partial charge in [0.25, 0.3) is 0 Å². The summed E-state index contributed by atoms with van der Waals surface area (Å²) in [4.78, 5) is 19.8. The fraction of sp³-hybridized carbons (Fsp3) is 0.842. The maximum atomic E-state index is 13.3. The fourth-order valence-corrected chi connectivity index (χ4v) is 5.78. The fourth-order valence-electron chi connectivity index (χ4n) is 5.78. The van der Waals surface area contributed by atoms with E-state index in [0.717, 1.165) is 24.5 Å². The molecule has 1 aromatic rings. The van der Waals surface area contributed by atoms with Crippen LogP contribution in [-0.4, -0.2) is 51.5 Å². The topological polar surface area (TPSA) is 87.9 Å². The number of H-pyrrole nitrogens is 1. The van der Waals surface area contributed by atoms with Crippen LogP contribution in [0.25, 0.3) is 0 Å². The lowest BCUT2D eigenvalue weighted by Gasteiger charge is -2.62. The van der Waals surface area contributed by atoms with Gasteiger partial charge in [-0.25, -0.2) is 13.8 Å². The summed E-state index contributed by atoms with van der Waals surface area (Å²) in [5, 5.41) is 7.44. The molecule has 1 amide bonds. The van der Waals surface area contributed by atoms with Crippen molar-refractivity contribution in [1.82, 2.24) is 20.1 Å². The van der Waals surface area contributed by atoms with Crippen molar-refractivity contribution in [2.45, 2.75) is 69.1 Å². The summed E-state index contributed by atoms with van der Waals surface area (Å²) >= 11 is 0. The summed E-state index contributed by atoms with van der Waals surface area (Å²) in [6.07, 6.45) is 5.08. The molecule has 4 fully saturated rings. The second-order valence-corrected chi connectivity index (χ2v) is 9.49. The molecule has 27 heavy (non-hydrogen) atoms. The molecule has 3 aliphatic carbocycles. The summed E-state index contributed by atoms with van der Waals surface area (Å²) in [6, 6.07) is 0. The molecular formula is C19H27F2N5O. The van der Waals surface area contributed by atoms with Gasteiger partial charge < -0.3 is 10.6 Å². The smallest absolute Gasteiger partial charge is 0.249 e. The van der Waals surface area contributed by atoms with E-state index in [4.69, 9.17) is 5.73 Å². The minimum Gasteiger partial charge on any atom is -0.341 e. The van der Waals surface area contributed by atoms with Crippen LogP contribution in [0.4, 0.5) is 8.78 Å². The second-order valence-electron chi connectivity index (χ2n) is 9.49. The van der Waals surface area contributed by atoms with Crippen molar-refractivity contribution in [2.75, 3.05) is 19.6 Å². The van der Waals surface area contributed by atoms with Gasteiger partial charge in [-0.1, -0.05) is 0 Å². The van der Waals surface area contributed by atoms with E-state index >= 15 is 0 Å². The normalized spacial score (nSPS) is 30.6. The van der Waals surface area contributed by atoms with Crippen LogP contribution in [-0.2, 0) is 4.79 Å². The molecule has 4 aliphatic rings. The average molecular weight is 379 g/mol. The van der Waals surface area contributed by atoms with Gasteiger partial charge in [-0.3, -0.25) is 9.89 Å². The quantitative estimate of drug-likeness (QED) is 0.842. The first-order valence-electron chi connectivity index (χ1n) is 10.1. The van der Waals surface area contributed by atoms with E-state index in [1.807, 2.05) is 4.90 Å². The summed E-state index contributed by atoms with van der Waals surface area (Å²) in [7, 11) is 0. The zero-order valence-corrected chi connectivity index (χ0v) is 15.5. The summed E-state index contributed by atoms with van der Waals surface area (Å²) < 4.78 is 26.6. The lowest BCUT2D eigenvalue weighted by atomic mass is 9.43. The first kappa shape index (κ1) is 17.5. The molecule has 3 N–H and O–H groups in total. The zero-order chi connectivity index (χ0) is 18.9. The van der Waals surface area contributed by atoms with E-state index in [1.54, 1.807) is 0 Å². The van der Waals surface area contributed by atoms with Crippen LogP contribution in [0.3, 0.4) is 0 Å². The first-order valence-corrected chi connectivity index (χ1v) is 10.1. The monoisotopic (exact) mass is 379 g/mol. The number of hydrogen-bond donors (Lipinski definition) is 2. The SMILES string of the molecule is NCC1(C(=O)N2CCCC(c3n[nH]c(C4CC4)n3)C2)CC2(CC(F)(F)C2)C1. The van der Waals surface area contributed by atoms with Gasteiger partial charge in [0, 0.05) is 44.3 Å². The van der Waals surface area contributed by atoms with Crippen LogP contribution in [0.2, 0.25) is 0 Å². The molecule has 0 aromatic carbocycles. The number of amides is 1. The van der Waals surface area contributed by atoms with Crippen LogP contribution in [0.1, 0.15) is 74.9 Å². The van der Waals surface area contributed by atoms with Crippen molar-refractivity contribution in [2.24, 2.45) is 16.6 Å². The molecule has 1 aromatic heterocycles. The Morgan fingerprint density at radius 2 is 1.93 bits per heavy atom. The number of alkyl halides is 2. The van der Waals surface area contributed by atoms with E-state index in [9.17, 15) is 13.6 Å². The predicted octanol–water partition coefficient (Wildman–Crippen LogP) is 2.54. The number of halogens is 2. The molecule has 3 saturated carbocycles. The van der Waals surface area contributed by atoms with Gasteiger partial charge >= 0.3 is 0 Å². The maximum absolute atomic E-state index is 13.3. The van der Waals surface area contributed by atoms with Crippen molar-refractivity contribution in [1.29, 1.82) is 0 Å². The Hall–Kier alpha value is -1.57. The third-order valence-electron chi connectivity index (χ3n) is 7.10. The molecule has 6 nitrogen and oxygen atoms in total. The molecule has 1 spiro atoms. The van der Waals surface area contributed by atoms with Crippen LogP contribution < -0.4 is 5.73 Å². The maximum Gasteiger partial charge on any atom is 0.249 e. The third kappa shape index (κ3) is 2.87. The van der Waals surface area contributed by atoms with Gasteiger partial charge in [-0.2, -0.15) is 5.10 Å². The minimum atomic E-state index is -2.55. The summed E-state index contributed by atoms with van der Waals surface area (Å²) in [6.45, 7) is 1.55. The Morgan fingerprint density at radius 1 is 1.19 bits per heavy atom. The van der Waals surface area contributed by atoms with Gasteiger partial charge in [0.05, 0.1) is 5.41 Å². The molecule has 148 valence electrons. The van der Waals surface area contributed by atoms with E-state index in [0.29, 0.717) is 31.8 Å². The third-order valence-corrected chi connectivity index (χ3v) is 7.10. The molecule has 1 aliphatic heterocycles. The summed E-state index contributed by atoms with van der Waals surface area (Å²) in [5.41, 5.74) is 4.98. The lowest BCUT2D eigenvalue weighted by molar-refractivity contribution is -0.231. The highest BCUT2D eigenvalue weighted by Gasteiger charge is 2.68. The Balaban J connectivity index is 1.25. The van der Waals surface area contributed by atoms with Gasteiger partial charge in [0.2, 0.25) is 11.8 Å². The van der Waals surface area contributed by atoms with E-state index in [2.05, 4.69) is 15.2 Å². The average Bonchev–Trinajstić information content (AvgIpc) is 3.33. The molecule has 1 atom stereocenters. The zero-order valence-electron chi connectivity index (χ0n) is 15.5. The highest BCUT2D eigenvalue weighted by molar-refractivity contribution is 5.84. The van der Waals surface area contributed by atoms with Crippen molar-refractivity contribution in [3.63, 3.8) is 0 Å². The number of nitrogens with two attached hydrogens (primary N) is 1. The van der Waals surface area contributed by atoms with Crippen LogP contribution in [0, 0.1) is 10.8 Å².